The van der Waals surface area contributed by atoms with Gasteiger partial charge in [0.25, 0.3) is 0 Å². The van der Waals surface area contributed by atoms with Crippen molar-refractivity contribution in [3.8, 4) is 0 Å². The lowest BCUT2D eigenvalue weighted by Crippen LogP contribution is -2.28. The molecule has 0 spiro atoms. The third-order valence-corrected chi connectivity index (χ3v) is 3.31. The molecule has 1 rings (SSSR count). The quantitative estimate of drug-likeness (QED) is 0.393. The summed E-state index contributed by atoms with van der Waals surface area (Å²) in [5.74, 6) is -0.847. The van der Waals surface area contributed by atoms with Crippen molar-refractivity contribution in [3.05, 3.63) is 66.5 Å². The summed E-state index contributed by atoms with van der Waals surface area (Å²) in [5, 5.41) is 3.19. The van der Waals surface area contributed by atoms with Gasteiger partial charge < -0.3 is 14.8 Å². The Bertz CT molecular complexity index is 623. The number of anilines is 1. The highest BCUT2D eigenvalue weighted by Gasteiger charge is 2.20. The summed E-state index contributed by atoms with van der Waals surface area (Å²) in [4.78, 5) is 11.9. The molecular weight excluding hydrogens is 357 g/mol. The van der Waals surface area contributed by atoms with E-state index in [1.807, 2.05) is 31.2 Å². The van der Waals surface area contributed by atoms with E-state index in [0.717, 1.165) is 16.8 Å². The normalized spacial score (nSPS) is 11.3. The van der Waals surface area contributed by atoms with Crippen molar-refractivity contribution in [2.24, 2.45) is 0 Å². The first-order valence-corrected chi connectivity index (χ1v) is 9.69. The third-order valence-electron chi connectivity index (χ3n) is 3.31. The molecule has 0 aliphatic heterocycles. The SMILES string of the molecule is C=C(F)/C=C\C(=C)CNc1ccc(CC(OCC)C(=O)OCC)cc1.CCC. The van der Waals surface area contributed by atoms with Crippen LogP contribution in [0.5, 0.6) is 0 Å². The molecule has 0 amide bonds. The zero-order valence-corrected chi connectivity index (χ0v) is 17.6. The van der Waals surface area contributed by atoms with Crippen LogP contribution in [0.4, 0.5) is 10.1 Å². The molecule has 1 aromatic carbocycles. The van der Waals surface area contributed by atoms with Crippen LogP contribution in [0.1, 0.15) is 39.7 Å². The van der Waals surface area contributed by atoms with Crippen LogP contribution in [-0.2, 0) is 20.7 Å². The average molecular weight is 392 g/mol. The largest absolute Gasteiger partial charge is 0.464 e. The topological polar surface area (TPSA) is 47.6 Å². The van der Waals surface area contributed by atoms with Gasteiger partial charge in [-0.05, 0) is 43.2 Å². The highest BCUT2D eigenvalue weighted by Crippen LogP contribution is 2.14. The van der Waals surface area contributed by atoms with E-state index in [9.17, 15) is 9.18 Å². The first-order valence-electron chi connectivity index (χ1n) is 9.69. The van der Waals surface area contributed by atoms with E-state index in [-0.39, 0.29) is 5.97 Å². The number of rotatable bonds is 11. The van der Waals surface area contributed by atoms with E-state index in [2.05, 4.69) is 32.3 Å². The number of hydrogen-bond acceptors (Lipinski definition) is 4. The Balaban J connectivity index is 0.00000227. The molecule has 0 saturated heterocycles. The first kappa shape index (κ1) is 25.6. The fraction of sp³-hybridized carbons (Fsp3) is 0.435. The summed E-state index contributed by atoms with van der Waals surface area (Å²) in [6, 6.07) is 7.67. The first-order chi connectivity index (χ1) is 13.4. The van der Waals surface area contributed by atoms with E-state index in [4.69, 9.17) is 9.47 Å². The van der Waals surface area contributed by atoms with Crippen LogP contribution < -0.4 is 5.32 Å². The number of nitrogens with one attached hydrogen (secondary N) is 1. The summed E-state index contributed by atoms with van der Waals surface area (Å²) in [6.45, 7) is 16.1. The number of esters is 1. The lowest BCUT2D eigenvalue weighted by atomic mass is 10.1. The van der Waals surface area contributed by atoms with Gasteiger partial charge >= 0.3 is 5.97 Å². The van der Waals surface area contributed by atoms with E-state index >= 15 is 0 Å². The van der Waals surface area contributed by atoms with Crippen molar-refractivity contribution < 1.29 is 18.7 Å². The fourth-order valence-corrected chi connectivity index (χ4v) is 2.10. The fourth-order valence-electron chi connectivity index (χ4n) is 2.10. The number of halogens is 1. The molecule has 1 N–H and O–H groups in total. The Hall–Kier alpha value is -2.40. The smallest absolute Gasteiger partial charge is 0.335 e. The Kier molecular flexibility index (Phi) is 14.3. The molecule has 5 heteroatoms. The van der Waals surface area contributed by atoms with Crippen LogP contribution in [-0.4, -0.2) is 31.8 Å². The lowest BCUT2D eigenvalue weighted by molar-refractivity contribution is -0.156. The number of allylic oxidation sites excluding steroid dienone is 2. The van der Waals surface area contributed by atoms with Crippen LogP contribution in [0.3, 0.4) is 0 Å². The second-order valence-corrected chi connectivity index (χ2v) is 6.10. The zero-order chi connectivity index (χ0) is 21.4. The second-order valence-electron chi connectivity index (χ2n) is 6.10. The summed E-state index contributed by atoms with van der Waals surface area (Å²) >= 11 is 0. The zero-order valence-electron chi connectivity index (χ0n) is 17.6. The minimum Gasteiger partial charge on any atom is -0.464 e. The maximum atomic E-state index is 12.5. The summed E-state index contributed by atoms with van der Waals surface area (Å²) < 4.78 is 23.0. The maximum Gasteiger partial charge on any atom is 0.335 e. The van der Waals surface area contributed by atoms with Gasteiger partial charge in [-0.3, -0.25) is 0 Å². The van der Waals surface area contributed by atoms with Gasteiger partial charge in [-0.25, -0.2) is 9.18 Å². The number of hydrogen-bond donors (Lipinski definition) is 1. The highest BCUT2D eigenvalue weighted by atomic mass is 19.1. The van der Waals surface area contributed by atoms with Crippen molar-refractivity contribution >= 4 is 11.7 Å². The van der Waals surface area contributed by atoms with Gasteiger partial charge in [-0.1, -0.05) is 51.6 Å². The van der Waals surface area contributed by atoms with Gasteiger partial charge in [0.05, 0.1) is 6.61 Å². The molecule has 156 valence electrons. The van der Waals surface area contributed by atoms with E-state index < -0.39 is 11.9 Å². The van der Waals surface area contributed by atoms with Crippen LogP contribution in [0.2, 0.25) is 0 Å². The third kappa shape index (κ3) is 12.1. The van der Waals surface area contributed by atoms with Crippen LogP contribution >= 0.6 is 0 Å². The monoisotopic (exact) mass is 391 g/mol. The predicted octanol–water partition coefficient (Wildman–Crippen LogP) is 5.62. The molecule has 0 bridgehead atoms. The van der Waals surface area contributed by atoms with E-state index in [0.29, 0.717) is 26.2 Å². The number of carbonyl (C=O) groups is 1. The van der Waals surface area contributed by atoms with Crippen molar-refractivity contribution in [1.82, 2.24) is 0 Å². The summed E-state index contributed by atoms with van der Waals surface area (Å²) in [6.07, 6.45) is 3.97. The Labute approximate surface area is 169 Å². The van der Waals surface area contributed by atoms with Crippen LogP contribution in [0.15, 0.2) is 61.0 Å². The van der Waals surface area contributed by atoms with Crippen molar-refractivity contribution in [2.45, 2.75) is 46.6 Å². The second kappa shape index (κ2) is 15.6. The molecule has 0 aromatic heterocycles. The molecule has 1 unspecified atom stereocenters. The van der Waals surface area contributed by atoms with E-state index in [1.165, 1.54) is 12.5 Å². The highest BCUT2D eigenvalue weighted by molar-refractivity contribution is 5.75. The van der Waals surface area contributed by atoms with Gasteiger partial charge in [0.2, 0.25) is 0 Å². The number of carbonyl (C=O) groups excluding carboxylic acids is 1. The minimum absolute atomic E-state index is 0.333. The number of ether oxygens (including phenoxy) is 2. The molecule has 0 fully saturated rings. The minimum atomic E-state index is -0.595. The molecule has 28 heavy (non-hydrogen) atoms. The average Bonchev–Trinajstić information content (AvgIpc) is 2.66. The molecular formula is C23H34FNO3. The van der Waals surface area contributed by atoms with Gasteiger partial charge in [-0.2, -0.15) is 0 Å². The molecule has 0 aliphatic rings. The van der Waals surface area contributed by atoms with Crippen molar-refractivity contribution in [3.63, 3.8) is 0 Å². The standard InChI is InChI=1S/C20H26FNO3.C3H8/c1-5-24-19(20(23)25-6-2)13-17-9-11-18(12-10-17)22-14-15(3)7-8-16(4)21;1-3-2/h7-12,19,22H,3-6,13-14H2,1-2H3;3H2,1-2H3/b8-7-;. The molecule has 4 nitrogen and oxygen atoms in total. The van der Waals surface area contributed by atoms with E-state index in [1.54, 1.807) is 13.0 Å². The molecule has 0 radical (unpaired) electrons. The van der Waals surface area contributed by atoms with Gasteiger partial charge in [0, 0.05) is 25.3 Å². The van der Waals surface area contributed by atoms with Gasteiger partial charge in [-0.15, -0.1) is 0 Å². The molecule has 0 heterocycles. The summed E-state index contributed by atoms with van der Waals surface area (Å²) in [5.41, 5.74) is 2.62. The summed E-state index contributed by atoms with van der Waals surface area (Å²) in [7, 11) is 0. The van der Waals surface area contributed by atoms with Crippen molar-refractivity contribution in [2.75, 3.05) is 25.1 Å². The van der Waals surface area contributed by atoms with Crippen LogP contribution in [0.25, 0.3) is 0 Å². The Morgan fingerprint density at radius 3 is 2.21 bits per heavy atom. The molecule has 1 atom stereocenters. The molecule has 1 aromatic rings. The van der Waals surface area contributed by atoms with Crippen LogP contribution in [0, 0.1) is 0 Å². The number of benzene rings is 1. The lowest BCUT2D eigenvalue weighted by Gasteiger charge is -2.16. The van der Waals surface area contributed by atoms with Gasteiger partial charge in [0.1, 0.15) is 5.83 Å². The Morgan fingerprint density at radius 2 is 1.71 bits per heavy atom. The predicted molar refractivity (Wildman–Crippen MR) is 115 cm³/mol. The van der Waals surface area contributed by atoms with Crippen molar-refractivity contribution in [1.29, 1.82) is 0 Å². The maximum absolute atomic E-state index is 12.5. The van der Waals surface area contributed by atoms with Gasteiger partial charge in [0.15, 0.2) is 6.10 Å². The molecule has 0 aliphatic carbocycles. The molecule has 0 saturated carbocycles. The Morgan fingerprint density at radius 1 is 1.11 bits per heavy atom.